The number of nitrogens with zero attached hydrogens (tertiary/aromatic N) is 1. The molecule has 8 heteroatoms. The van der Waals surface area contributed by atoms with Crippen molar-refractivity contribution in [2.45, 2.75) is 0 Å². The lowest BCUT2D eigenvalue weighted by molar-refractivity contribution is 0.102. The Hall–Kier alpha value is -2.45. The van der Waals surface area contributed by atoms with Crippen LogP contribution in [-0.2, 0) is 11.3 Å². The Morgan fingerprint density at radius 1 is 1.25 bits per heavy atom. The molecule has 5 N–H and O–H groups in total. The van der Waals surface area contributed by atoms with Gasteiger partial charge < -0.3 is 11.1 Å². The molecule has 0 saturated carbocycles. The molecule has 0 aliphatic heterocycles. The van der Waals surface area contributed by atoms with Crippen LogP contribution in [0, 0.1) is 0 Å². The van der Waals surface area contributed by atoms with E-state index in [0.29, 0.717) is 22.8 Å². The van der Waals surface area contributed by atoms with Gasteiger partial charge in [-0.05, 0) is 30.3 Å². The van der Waals surface area contributed by atoms with Gasteiger partial charge in [-0.1, -0.05) is 6.07 Å². The van der Waals surface area contributed by atoms with Crippen molar-refractivity contribution in [3.8, 4) is 0 Å². The van der Waals surface area contributed by atoms with Gasteiger partial charge in [0, 0.05) is 11.3 Å². The molecule has 0 bridgehead atoms. The van der Waals surface area contributed by atoms with Crippen LogP contribution in [0.5, 0.6) is 0 Å². The minimum Gasteiger partial charge on any atom is -0.384 e. The average molecular weight is 292 g/mol. The summed E-state index contributed by atoms with van der Waals surface area (Å²) in [5.41, 5.74) is 6.67. The van der Waals surface area contributed by atoms with Crippen molar-refractivity contribution in [2.75, 3.05) is 15.8 Å². The SMILES string of the molecule is Nc1ccc(NC(=O)c2cccc(NS(=O)O)c2)cn1. The van der Waals surface area contributed by atoms with Crippen LogP contribution >= 0.6 is 0 Å². The number of hydrogen-bond donors (Lipinski definition) is 4. The second-order valence-electron chi connectivity index (χ2n) is 3.86. The number of hydrogen-bond acceptors (Lipinski definition) is 4. The van der Waals surface area contributed by atoms with Gasteiger partial charge in [-0.15, -0.1) is 0 Å². The fourth-order valence-corrected chi connectivity index (χ4v) is 1.84. The Kier molecular flexibility index (Phi) is 4.28. The number of benzene rings is 1. The first-order valence-corrected chi connectivity index (χ1v) is 6.66. The third-order valence-corrected chi connectivity index (χ3v) is 2.78. The maximum absolute atomic E-state index is 12.0. The first-order chi connectivity index (χ1) is 9.54. The highest BCUT2D eigenvalue weighted by Crippen LogP contribution is 2.14. The fourth-order valence-electron chi connectivity index (χ4n) is 1.51. The smallest absolute Gasteiger partial charge is 0.259 e. The molecule has 0 saturated heterocycles. The number of nitrogen functional groups attached to an aromatic ring is 1. The van der Waals surface area contributed by atoms with Gasteiger partial charge in [0.2, 0.25) is 0 Å². The standard InChI is InChI=1S/C12H12N4O3S/c13-11-5-4-10(7-14-11)15-12(17)8-2-1-3-9(6-8)16-20(18)19/h1-7,16H,(H2,13,14)(H,15,17)(H,18,19). The van der Waals surface area contributed by atoms with Gasteiger partial charge >= 0.3 is 0 Å². The molecule has 1 aromatic carbocycles. The van der Waals surface area contributed by atoms with Crippen molar-refractivity contribution >= 4 is 34.4 Å². The van der Waals surface area contributed by atoms with Gasteiger partial charge in [-0.2, -0.15) is 0 Å². The van der Waals surface area contributed by atoms with E-state index in [1.54, 1.807) is 30.3 Å². The van der Waals surface area contributed by atoms with Crippen molar-refractivity contribution in [1.82, 2.24) is 4.98 Å². The number of carbonyl (C=O) groups excluding carboxylic acids is 1. The summed E-state index contributed by atoms with van der Waals surface area (Å²) in [7, 11) is 0. The molecule has 0 aliphatic carbocycles. The summed E-state index contributed by atoms with van der Waals surface area (Å²) in [6, 6.07) is 9.44. The normalized spacial score (nSPS) is 11.7. The van der Waals surface area contributed by atoms with Crippen LogP contribution in [0.2, 0.25) is 0 Å². The van der Waals surface area contributed by atoms with Crippen molar-refractivity contribution in [3.63, 3.8) is 0 Å². The van der Waals surface area contributed by atoms with E-state index in [1.165, 1.54) is 12.3 Å². The highest BCUT2D eigenvalue weighted by atomic mass is 32.2. The van der Waals surface area contributed by atoms with Gasteiger partial charge in [0.25, 0.3) is 17.2 Å². The number of anilines is 3. The summed E-state index contributed by atoms with van der Waals surface area (Å²) in [4.78, 5) is 15.9. The van der Waals surface area contributed by atoms with Crippen molar-refractivity contribution < 1.29 is 13.6 Å². The molecule has 2 aromatic rings. The number of nitrogens with two attached hydrogens (primary N) is 1. The predicted octanol–water partition coefficient (Wildman–Crippen LogP) is 1.46. The van der Waals surface area contributed by atoms with Gasteiger partial charge in [0.15, 0.2) is 0 Å². The van der Waals surface area contributed by atoms with Gasteiger partial charge in [0.05, 0.1) is 11.9 Å². The third kappa shape index (κ3) is 3.77. The number of aromatic nitrogens is 1. The minimum absolute atomic E-state index is 0.345. The Morgan fingerprint density at radius 3 is 2.70 bits per heavy atom. The minimum atomic E-state index is -2.18. The van der Waals surface area contributed by atoms with Crippen molar-refractivity contribution in [1.29, 1.82) is 0 Å². The van der Waals surface area contributed by atoms with E-state index in [9.17, 15) is 9.00 Å². The van der Waals surface area contributed by atoms with E-state index in [0.717, 1.165) is 0 Å². The van der Waals surface area contributed by atoms with Crippen molar-refractivity contribution in [2.24, 2.45) is 0 Å². The van der Waals surface area contributed by atoms with Crippen molar-refractivity contribution in [3.05, 3.63) is 48.2 Å². The Labute approximate surface area is 117 Å². The number of nitrogens with one attached hydrogen (secondary N) is 2. The Morgan fingerprint density at radius 2 is 2.05 bits per heavy atom. The van der Waals surface area contributed by atoms with Crippen LogP contribution in [-0.4, -0.2) is 19.7 Å². The molecule has 0 fully saturated rings. The summed E-state index contributed by atoms with van der Waals surface area (Å²) >= 11 is -2.18. The molecule has 1 atom stereocenters. The predicted molar refractivity (Wildman–Crippen MR) is 77.4 cm³/mol. The van der Waals surface area contributed by atoms with Gasteiger partial charge in [-0.3, -0.25) is 14.1 Å². The largest absolute Gasteiger partial charge is 0.384 e. The third-order valence-electron chi connectivity index (χ3n) is 2.37. The number of pyridine rings is 1. The zero-order chi connectivity index (χ0) is 14.5. The van der Waals surface area contributed by atoms with E-state index in [-0.39, 0.29) is 5.91 Å². The summed E-state index contributed by atoms with van der Waals surface area (Å²) in [6.07, 6.45) is 1.44. The summed E-state index contributed by atoms with van der Waals surface area (Å²) in [6.45, 7) is 0. The maximum Gasteiger partial charge on any atom is 0.259 e. The van der Waals surface area contributed by atoms with Crippen LogP contribution in [0.1, 0.15) is 10.4 Å². The second-order valence-corrected chi connectivity index (χ2v) is 4.56. The molecule has 1 unspecified atom stereocenters. The molecule has 1 heterocycles. The molecular weight excluding hydrogens is 280 g/mol. The topological polar surface area (TPSA) is 117 Å². The van der Waals surface area contributed by atoms with E-state index in [4.69, 9.17) is 10.3 Å². The van der Waals surface area contributed by atoms with Gasteiger partial charge in [0.1, 0.15) is 5.82 Å². The summed E-state index contributed by atoms with van der Waals surface area (Å²) < 4.78 is 21.7. The molecular formula is C12H12N4O3S. The Balaban J connectivity index is 2.12. The van der Waals surface area contributed by atoms with E-state index in [1.807, 2.05) is 0 Å². The first-order valence-electron chi connectivity index (χ1n) is 5.55. The van der Waals surface area contributed by atoms with E-state index >= 15 is 0 Å². The summed E-state index contributed by atoms with van der Waals surface area (Å²) in [5.74, 6) is 0.00330. The highest BCUT2D eigenvalue weighted by molar-refractivity contribution is 7.80. The molecule has 104 valence electrons. The molecule has 0 radical (unpaired) electrons. The lowest BCUT2D eigenvalue weighted by atomic mass is 10.2. The molecule has 7 nitrogen and oxygen atoms in total. The van der Waals surface area contributed by atoms with E-state index in [2.05, 4.69) is 15.0 Å². The molecule has 1 aromatic heterocycles. The molecule has 1 amide bonds. The quantitative estimate of drug-likeness (QED) is 0.636. The van der Waals surface area contributed by atoms with Crippen LogP contribution in [0.15, 0.2) is 42.6 Å². The van der Waals surface area contributed by atoms with Crippen LogP contribution in [0.3, 0.4) is 0 Å². The number of rotatable bonds is 4. The van der Waals surface area contributed by atoms with E-state index < -0.39 is 11.3 Å². The molecule has 0 aliphatic rings. The zero-order valence-corrected chi connectivity index (χ0v) is 11.1. The van der Waals surface area contributed by atoms with Gasteiger partial charge in [-0.25, -0.2) is 9.19 Å². The monoisotopic (exact) mass is 292 g/mol. The lowest BCUT2D eigenvalue weighted by Gasteiger charge is -2.07. The first kappa shape index (κ1) is 14.0. The molecule has 2 rings (SSSR count). The summed E-state index contributed by atoms with van der Waals surface area (Å²) in [5, 5.41) is 2.64. The van der Waals surface area contributed by atoms with Crippen LogP contribution in [0.4, 0.5) is 17.2 Å². The number of carbonyl (C=O) groups is 1. The lowest BCUT2D eigenvalue weighted by Crippen LogP contribution is -2.12. The highest BCUT2D eigenvalue weighted by Gasteiger charge is 2.07. The molecule has 0 spiro atoms. The molecule has 20 heavy (non-hydrogen) atoms. The Bertz CT molecular complexity index is 645. The average Bonchev–Trinajstić information content (AvgIpc) is 2.41. The van der Waals surface area contributed by atoms with Crippen LogP contribution < -0.4 is 15.8 Å². The zero-order valence-electron chi connectivity index (χ0n) is 10.2. The fraction of sp³-hybridized carbons (Fsp3) is 0. The second kappa shape index (κ2) is 6.13. The van der Waals surface area contributed by atoms with Crippen LogP contribution in [0.25, 0.3) is 0 Å². The maximum atomic E-state index is 12.0. The number of amides is 1.